The maximum atomic E-state index is 11.1. The molecule has 1 amide bonds. The van der Waals surface area contributed by atoms with E-state index in [2.05, 4.69) is 0 Å². The summed E-state index contributed by atoms with van der Waals surface area (Å²) in [6.45, 7) is 0. The Bertz CT molecular complexity index is 489. The molecular weight excluding hydrogens is 168 g/mol. The summed E-state index contributed by atoms with van der Waals surface area (Å²) in [7, 11) is 1.19. The summed E-state index contributed by atoms with van der Waals surface area (Å²) in [5.74, 6) is -1.55. The largest absolute Gasteiger partial charge is 0.497 e. The Morgan fingerprint density at radius 3 is 2.54 bits per heavy atom. The Kier molecular flexibility index (Phi) is 1.39. The first-order chi connectivity index (χ1) is 8.16. The maximum Gasteiger partial charge on any atom is 0.238 e. The van der Waals surface area contributed by atoms with E-state index in [1.54, 1.807) is 0 Å². The predicted molar refractivity (Wildman–Crippen MR) is 49.1 cm³/mol. The summed E-state index contributed by atoms with van der Waals surface area (Å²) in [6, 6.07) is -4.81. The van der Waals surface area contributed by atoms with E-state index in [1.165, 1.54) is 7.11 Å². The third-order valence-electron chi connectivity index (χ3n) is 1.34. The van der Waals surface area contributed by atoms with Crippen LogP contribution in [-0.2, 0) is 4.79 Å². The topological polar surface area (TPSA) is 78.3 Å². The summed E-state index contributed by atoms with van der Waals surface area (Å²) in [4.78, 5) is 11.1. The quantitative estimate of drug-likeness (QED) is 0.705. The highest BCUT2D eigenvalue weighted by Crippen LogP contribution is 2.15. The van der Waals surface area contributed by atoms with Crippen molar-refractivity contribution in [2.45, 2.75) is 6.02 Å². The fourth-order valence-corrected chi connectivity index (χ4v) is 0.661. The molecule has 0 aliphatic carbocycles. The number of hydrogen-bond donors (Lipinski definition) is 2. The van der Waals surface area contributed by atoms with Crippen molar-refractivity contribution in [2.75, 3.05) is 7.11 Å². The van der Waals surface area contributed by atoms with Gasteiger partial charge in [-0.1, -0.05) is 12.1 Å². The lowest BCUT2D eigenvalue weighted by Gasteiger charge is -2.07. The Balaban J connectivity index is 3.73. The van der Waals surface area contributed by atoms with Crippen LogP contribution in [0.4, 0.5) is 0 Å². The van der Waals surface area contributed by atoms with Gasteiger partial charge in [-0.05, 0) is 17.6 Å². The van der Waals surface area contributed by atoms with Gasteiger partial charge in [0.05, 0.1) is 14.0 Å². The van der Waals surface area contributed by atoms with Gasteiger partial charge in [-0.15, -0.1) is 0 Å². The molecule has 0 spiro atoms. The van der Waals surface area contributed by atoms with Gasteiger partial charge in [0.25, 0.3) is 0 Å². The smallest absolute Gasteiger partial charge is 0.238 e. The summed E-state index contributed by atoms with van der Waals surface area (Å²) < 4.78 is 42.8. The Morgan fingerprint density at radius 1 is 1.62 bits per heavy atom. The van der Waals surface area contributed by atoms with Gasteiger partial charge in [-0.25, -0.2) is 0 Å². The minimum atomic E-state index is -2.54. The highest BCUT2D eigenvalue weighted by Gasteiger charge is 2.11. The van der Waals surface area contributed by atoms with E-state index in [-0.39, 0.29) is 5.75 Å². The molecule has 0 aromatic heterocycles. The second-order valence-electron chi connectivity index (χ2n) is 2.19. The summed E-state index contributed by atoms with van der Waals surface area (Å²) in [5.41, 5.74) is 9.72. The van der Waals surface area contributed by atoms with Crippen molar-refractivity contribution in [3.05, 3.63) is 29.7 Å². The Labute approximate surface area is 83.5 Å². The lowest BCUT2D eigenvalue weighted by atomic mass is 10.1. The van der Waals surface area contributed by atoms with Crippen LogP contribution < -0.4 is 16.2 Å². The van der Waals surface area contributed by atoms with Gasteiger partial charge in [-0.2, -0.15) is 0 Å². The summed E-state index contributed by atoms with van der Waals surface area (Å²) in [5, 5.41) is 0. The number of ether oxygens (including phenoxy) is 1. The molecule has 0 aliphatic heterocycles. The minimum Gasteiger partial charge on any atom is -0.497 e. The van der Waals surface area contributed by atoms with Crippen molar-refractivity contribution in [2.24, 2.45) is 11.5 Å². The maximum absolute atomic E-state index is 11.1. The average Bonchev–Trinajstić information content (AvgIpc) is 2.27. The van der Waals surface area contributed by atoms with Crippen LogP contribution >= 0.6 is 0 Å². The normalized spacial score (nSPS) is 20.0. The molecule has 1 unspecified atom stereocenters. The lowest BCUT2D eigenvalue weighted by molar-refractivity contribution is -0.119. The van der Waals surface area contributed by atoms with E-state index in [4.69, 9.17) is 23.1 Å². The molecule has 13 heavy (non-hydrogen) atoms. The fraction of sp³-hybridized carbons (Fsp3) is 0.222. The molecule has 1 rings (SSSR count). The van der Waals surface area contributed by atoms with Gasteiger partial charge in [0.15, 0.2) is 0 Å². The van der Waals surface area contributed by atoms with Crippen LogP contribution in [-0.4, -0.2) is 13.0 Å². The molecule has 0 bridgehead atoms. The molecule has 4 heteroatoms. The first kappa shape index (κ1) is 4.62. The number of primary amides is 1. The standard InChI is InChI=1S/C9H12N2O2/c1-13-7-4-2-6(3-5-7)8(10)9(11)12/h2-5,8H,10H2,1H3,(H2,11,12)/i2D,3D,4D,5D,8D. The molecule has 0 heterocycles. The third-order valence-corrected chi connectivity index (χ3v) is 1.34. The number of amides is 1. The molecule has 1 atom stereocenters. The Hall–Kier alpha value is -1.55. The van der Waals surface area contributed by atoms with E-state index in [0.29, 0.717) is 0 Å². The lowest BCUT2D eigenvalue weighted by Crippen LogP contribution is -2.28. The number of carbonyl (C=O) groups is 1. The second-order valence-corrected chi connectivity index (χ2v) is 2.19. The van der Waals surface area contributed by atoms with Gasteiger partial charge in [0.1, 0.15) is 11.8 Å². The van der Waals surface area contributed by atoms with Crippen LogP contribution in [0.15, 0.2) is 24.2 Å². The number of hydrogen-bond acceptors (Lipinski definition) is 3. The molecule has 70 valence electrons. The highest BCUT2D eigenvalue weighted by molar-refractivity contribution is 5.81. The summed E-state index contributed by atoms with van der Waals surface area (Å²) >= 11 is 0. The SMILES string of the molecule is [2H]c1c([2H])c(C([2H])(N)C(N)=O)c([2H])c([2H])c1OC. The predicted octanol–water partition coefficient (Wildman–Crippen LogP) is 0.180. The van der Waals surface area contributed by atoms with Crippen molar-refractivity contribution in [1.29, 1.82) is 0 Å². The minimum absolute atomic E-state index is 0.283. The van der Waals surface area contributed by atoms with Gasteiger partial charge < -0.3 is 16.2 Å². The number of benzene rings is 1. The van der Waals surface area contributed by atoms with Crippen molar-refractivity contribution < 1.29 is 16.4 Å². The first-order valence-electron chi connectivity index (χ1n) is 5.89. The monoisotopic (exact) mass is 185 g/mol. The van der Waals surface area contributed by atoms with E-state index in [1.807, 2.05) is 0 Å². The van der Waals surface area contributed by atoms with Crippen molar-refractivity contribution in [1.82, 2.24) is 0 Å². The van der Waals surface area contributed by atoms with Crippen LogP contribution in [0.3, 0.4) is 0 Å². The number of carbonyl (C=O) groups excluding carboxylic acids is 1. The zero-order chi connectivity index (χ0) is 14.2. The second kappa shape index (κ2) is 3.91. The van der Waals surface area contributed by atoms with Crippen LogP contribution in [0.5, 0.6) is 5.75 Å². The van der Waals surface area contributed by atoms with E-state index < -0.39 is 41.7 Å². The molecule has 4 nitrogen and oxygen atoms in total. The van der Waals surface area contributed by atoms with Crippen LogP contribution in [0.1, 0.15) is 18.4 Å². The number of rotatable bonds is 3. The van der Waals surface area contributed by atoms with Gasteiger partial charge >= 0.3 is 0 Å². The number of nitrogens with two attached hydrogens (primary N) is 2. The van der Waals surface area contributed by atoms with Crippen LogP contribution in [0, 0.1) is 0 Å². The molecule has 1 aromatic rings. The van der Waals surface area contributed by atoms with E-state index in [0.717, 1.165) is 0 Å². The molecule has 4 N–H and O–H groups in total. The summed E-state index contributed by atoms with van der Waals surface area (Å²) in [6.07, 6.45) is 0. The van der Waals surface area contributed by atoms with E-state index in [9.17, 15) is 4.79 Å². The zero-order valence-electron chi connectivity index (χ0n) is 12.0. The molecule has 0 saturated heterocycles. The molecular formula is C9H12N2O2. The molecule has 0 radical (unpaired) electrons. The van der Waals surface area contributed by atoms with Gasteiger partial charge in [0, 0.05) is 0 Å². The van der Waals surface area contributed by atoms with Gasteiger partial charge in [-0.3, -0.25) is 4.79 Å². The zero-order valence-corrected chi connectivity index (χ0v) is 6.97. The first-order valence-corrected chi connectivity index (χ1v) is 3.39. The molecule has 0 saturated carbocycles. The average molecular weight is 185 g/mol. The third kappa shape index (κ3) is 2.19. The van der Waals surface area contributed by atoms with Gasteiger partial charge in [0.2, 0.25) is 5.91 Å². The van der Waals surface area contributed by atoms with Crippen molar-refractivity contribution >= 4 is 5.91 Å². The van der Waals surface area contributed by atoms with E-state index >= 15 is 0 Å². The molecule has 1 aromatic carbocycles. The van der Waals surface area contributed by atoms with Crippen LogP contribution in [0.25, 0.3) is 0 Å². The molecule has 0 aliphatic rings. The number of methoxy groups -OCH3 is 1. The fourth-order valence-electron chi connectivity index (χ4n) is 0.661. The van der Waals surface area contributed by atoms with Crippen LogP contribution in [0.2, 0.25) is 0 Å². The highest BCUT2D eigenvalue weighted by atomic mass is 16.5. The molecule has 0 fully saturated rings. The Morgan fingerprint density at radius 2 is 2.15 bits per heavy atom. The van der Waals surface area contributed by atoms with Crippen molar-refractivity contribution in [3.8, 4) is 5.75 Å². The van der Waals surface area contributed by atoms with Crippen molar-refractivity contribution in [3.63, 3.8) is 0 Å².